The maximum atomic E-state index is 12.3. The summed E-state index contributed by atoms with van der Waals surface area (Å²) in [5, 5.41) is 1.96. The number of urea groups is 1. The molecule has 0 aromatic heterocycles. The fraction of sp³-hybridized carbons (Fsp3) is 0.278. The first-order valence-corrected chi connectivity index (χ1v) is 7.66. The van der Waals surface area contributed by atoms with Gasteiger partial charge in [0.2, 0.25) is 0 Å². The van der Waals surface area contributed by atoms with Gasteiger partial charge >= 0.3 is 12.2 Å². The Hall–Kier alpha value is -2.50. The van der Waals surface area contributed by atoms with Crippen LogP contribution in [-0.4, -0.2) is 30.2 Å². The first kappa shape index (κ1) is 16.4. The van der Waals surface area contributed by atoms with Crippen molar-refractivity contribution in [3.05, 3.63) is 71.3 Å². The van der Waals surface area contributed by atoms with Crippen LogP contribution in [0.25, 0.3) is 0 Å². The molecule has 126 valence electrons. The van der Waals surface area contributed by atoms with Gasteiger partial charge < -0.3 is 10.2 Å². The number of hydrogen-bond donors (Lipinski definition) is 1. The van der Waals surface area contributed by atoms with E-state index < -0.39 is 18.8 Å². The lowest BCUT2D eigenvalue weighted by molar-refractivity contribution is -0.123. The molecule has 3 rings (SSSR count). The van der Waals surface area contributed by atoms with Crippen LogP contribution < -0.4 is 5.32 Å². The normalized spacial score (nSPS) is 17.3. The van der Waals surface area contributed by atoms with Gasteiger partial charge in [0.1, 0.15) is 6.54 Å². The molecule has 0 fully saturated rings. The van der Waals surface area contributed by atoms with E-state index in [2.05, 4.69) is 0 Å². The number of carbonyl (C=O) groups is 1. The largest absolute Gasteiger partial charge is 0.405 e. The zero-order valence-electron chi connectivity index (χ0n) is 12.9. The van der Waals surface area contributed by atoms with Gasteiger partial charge in [-0.05, 0) is 16.7 Å². The smallest absolute Gasteiger partial charge is 0.329 e. The average molecular weight is 334 g/mol. The van der Waals surface area contributed by atoms with Crippen LogP contribution in [0.3, 0.4) is 0 Å². The summed E-state index contributed by atoms with van der Waals surface area (Å²) in [6, 6.07) is 16.7. The van der Waals surface area contributed by atoms with Crippen LogP contribution >= 0.6 is 0 Å². The van der Waals surface area contributed by atoms with Crippen LogP contribution in [0.4, 0.5) is 18.0 Å². The molecule has 3 nitrogen and oxygen atoms in total. The van der Waals surface area contributed by atoms with Gasteiger partial charge in [-0.1, -0.05) is 54.6 Å². The zero-order valence-corrected chi connectivity index (χ0v) is 12.9. The molecule has 0 saturated heterocycles. The van der Waals surface area contributed by atoms with Gasteiger partial charge in [-0.15, -0.1) is 0 Å². The molecule has 1 atom stereocenters. The fourth-order valence-corrected chi connectivity index (χ4v) is 3.02. The quantitative estimate of drug-likeness (QED) is 0.887. The van der Waals surface area contributed by atoms with Crippen LogP contribution in [0.2, 0.25) is 0 Å². The second-order valence-corrected chi connectivity index (χ2v) is 5.82. The molecule has 0 aliphatic carbocycles. The molecule has 2 aromatic carbocycles. The predicted molar refractivity (Wildman–Crippen MR) is 84.6 cm³/mol. The third-order valence-corrected chi connectivity index (χ3v) is 4.12. The minimum absolute atomic E-state index is 0.0483. The monoisotopic (exact) mass is 334 g/mol. The van der Waals surface area contributed by atoms with E-state index in [4.69, 9.17) is 0 Å². The number of nitrogens with zero attached hydrogens (tertiary/aromatic N) is 1. The lowest BCUT2D eigenvalue weighted by Gasteiger charge is -2.35. The van der Waals surface area contributed by atoms with Gasteiger partial charge in [0.05, 0.1) is 0 Å². The van der Waals surface area contributed by atoms with E-state index in [1.165, 1.54) is 4.90 Å². The van der Waals surface area contributed by atoms with Gasteiger partial charge in [-0.2, -0.15) is 13.2 Å². The summed E-state index contributed by atoms with van der Waals surface area (Å²) in [6.45, 7) is -0.659. The maximum Gasteiger partial charge on any atom is 0.405 e. The highest BCUT2D eigenvalue weighted by Crippen LogP contribution is 2.33. The van der Waals surface area contributed by atoms with Crippen LogP contribution in [0.1, 0.15) is 22.6 Å². The SMILES string of the molecule is O=C(NCC(F)(F)F)N1Cc2ccccc2[C@H](c2ccccc2)C1. The third kappa shape index (κ3) is 3.69. The van der Waals surface area contributed by atoms with Crippen LogP contribution in [-0.2, 0) is 6.54 Å². The molecule has 24 heavy (non-hydrogen) atoms. The number of nitrogens with one attached hydrogen (secondary N) is 1. The van der Waals surface area contributed by atoms with E-state index in [9.17, 15) is 18.0 Å². The van der Waals surface area contributed by atoms with E-state index in [1.807, 2.05) is 59.9 Å². The highest BCUT2D eigenvalue weighted by Gasteiger charge is 2.32. The molecule has 0 bridgehead atoms. The van der Waals surface area contributed by atoms with E-state index in [0.29, 0.717) is 13.1 Å². The number of halogens is 3. The zero-order chi connectivity index (χ0) is 17.2. The number of alkyl halides is 3. The Bertz CT molecular complexity index is 716. The van der Waals surface area contributed by atoms with Crippen LogP contribution in [0.15, 0.2) is 54.6 Å². The molecule has 0 spiro atoms. The second kappa shape index (κ2) is 6.55. The van der Waals surface area contributed by atoms with Crippen molar-refractivity contribution < 1.29 is 18.0 Å². The van der Waals surface area contributed by atoms with Gasteiger partial charge in [-0.3, -0.25) is 0 Å². The minimum Gasteiger partial charge on any atom is -0.329 e. The Balaban J connectivity index is 1.84. The molecule has 6 heteroatoms. The van der Waals surface area contributed by atoms with Gasteiger partial charge in [-0.25, -0.2) is 4.79 Å². The van der Waals surface area contributed by atoms with Gasteiger partial charge in [0.15, 0.2) is 0 Å². The third-order valence-electron chi connectivity index (χ3n) is 4.12. The Kier molecular flexibility index (Phi) is 4.46. The van der Waals surface area contributed by atoms with E-state index in [-0.39, 0.29) is 5.92 Å². The number of carbonyl (C=O) groups excluding carboxylic acids is 1. The summed E-state index contributed by atoms with van der Waals surface area (Å²) >= 11 is 0. The lowest BCUT2D eigenvalue weighted by atomic mass is 9.85. The van der Waals surface area contributed by atoms with Gasteiger partial charge in [0, 0.05) is 19.0 Å². The molecular weight excluding hydrogens is 317 g/mol. The summed E-state index contributed by atoms with van der Waals surface area (Å²) in [5.41, 5.74) is 3.11. The molecule has 1 aliphatic rings. The molecule has 2 aromatic rings. The van der Waals surface area contributed by atoms with Crippen molar-refractivity contribution in [2.24, 2.45) is 0 Å². The van der Waals surface area contributed by atoms with Crippen molar-refractivity contribution in [3.8, 4) is 0 Å². The fourth-order valence-electron chi connectivity index (χ4n) is 3.02. The predicted octanol–water partition coefficient (Wildman–Crippen LogP) is 3.91. The second-order valence-electron chi connectivity index (χ2n) is 5.82. The van der Waals surface area contributed by atoms with Gasteiger partial charge in [0.25, 0.3) is 0 Å². The summed E-state index contributed by atoms with van der Waals surface area (Å²) in [7, 11) is 0. The van der Waals surface area contributed by atoms with Crippen molar-refractivity contribution >= 4 is 6.03 Å². The number of amides is 2. The minimum atomic E-state index is -4.41. The molecule has 0 radical (unpaired) electrons. The molecule has 1 heterocycles. The van der Waals surface area contributed by atoms with Crippen molar-refractivity contribution in [3.63, 3.8) is 0 Å². The Morgan fingerprint density at radius 1 is 1.08 bits per heavy atom. The highest BCUT2D eigenvalue weighted by molar-refractivity contribution is 5.75. The maximum absolute atomic E-state index is 12.3. The summed E-state index contributed by atoms with van der Waals surface area (Å²) < 4.78 is 37.0. The molecular formula is C18H17F3N2O. The van der Waals surface area contributed by atoms with E-state index in [0.717, 1.165) is 16.7 Å². The molecule has 2 amide bonds. The topological polar surface area (TPSA) is 32.3 Å². The molecule has 0 saturated carbocycles. The number of fused-ring (bicyclic) bond motifs is 1. The van der Waals surface area contributed by atoms with Crippen LogP contribution in [0, 0.1) is 0 Å². The van der Waals surface area contributed by atoms with Crippen molar-refractivity contribution in [1.29, 1.82) is 0 Å². The highest BCUT2D eigenvalue weighted by atomic mass is 19.4. The van der Waals surface area contributed by atoms with Crippen LogP contribution in [0.5, 0.6) is 0 Å². The molecule has 0 unspecified atom stereocenters. The number of rotatable bonds is 2. The first-order valence-electron chi connectivity index (χ1n) is 7.66. The first-order chi connectivity index (χ1) is 11.4. The van der Waals surface area contributed by atoms with E-state index in [1.54, 1.807) is 0 Å². The standard InChI is InChI=1S/C18H17F3N2O/c19-18(20,21)12-22-17(24)23-10-14-8-4-5-9-15(14)16(11-23)13-6-2-1-3-7-13/h1-9,16H,10-12H2,(H,22,24)/t16-/m0/s1. The Labute approximate surface area is 138 Å². The summed E-state index contributed by atoms with van der Waals surface area (Å²) in [6.07, 6.45) is -4.41. The lowest BCUT2D eigenvalue weighted by Crippen LogP contribution is -2.46. The number of hydrogen-bond acceptors (Lipinski definition) is 1. The Morgan fingerprint density at radius 3 is 2.46 bits per heavy atom. The molecule has 1 aliphatic heterocycles. The van der Waals surface area contributed by atoms with Crippen molar-refractivity contribution in [1.82, 2.24) is 10.2 Å². The summed E-state index contributed by atoms with van der Waals surface area (Å²) in [4.78, 5) is 13.6. The number of benzene rings is 2. The van der Waals surface area contributed by atoms with Crippen molar-refractivity contribution in [2.75, 3.05) is 13.1 Å². The average Bonchev–Trinajstić information content (AvgIpc) is 2.59. The molecule has 1 N–H and O–H groups in total. The summed E-state index contributed by atoms with van der Waals surface area (Å²) in [5.74, 6) is -0.0483. The van der Waals surface area contributed by atoms with Crippen molar-refractivity contribution in [2.45, 2.75) is 18.6 Å². The van der Waals surface area contributed by atoms with E-state index >= 15 is 0 Å². The Morgan fingerprint density at radius 2 is 1.75 bits per heavy atom.